The molecule has 1 aromatic carbocycles. The molecule has 0 bridgehead atoms. The highest BCUT2D eigenvalue weighted by molar-refractivity contribution is 8.01. The maximum absolute atomic E-state index is 13.5. The van der Waals surface area contributed by atoms with Crippen LogP contribution < -0.4 is 9.62 Å². The molecule has 0 aliphatic carbocycles. The summed E-state index contributed by atoms with van der Waals surface area (Å²) in [4.78, 5) is 12.8. The summed E-state index contributed by atoms with van der Waals surface area (Å²) in [6, 6.07) is 2.44. The van der Waals surface area contributed by atoms with E-state index in [-0.39, 0.29) is 22.3 Å². The third-order valence-electron chi connectivity index (χ3n) is 3.66. The van der Waals surface area contributed by atoms with Gasteiger partial charge in [-0.2, -0.15) is 0 Å². The molecule has 0 saturated heterocycles. The van der Waals surface area contributed by atoms with Gasteiger partial charge in [0.2, 0.25) is 21.1 Å². The molecule has 12 heteroatoms. The van der Waals surface area contributed by atoms with Crippen LogP contribution in [0.4, 0.5) is 15.2 Å². The van der Waals surface area contributed by atoms with Gasteiger partial charge in [-0.3, -0.25) is 14.4 Å². The predicted molar refractivity (Wildman–Crippen MR) is 117 cm³/mol. The summed E-state index contributed by atoms with van der Waals surface area (Å²) in [5.74, 6) is 0.113. The van der Waals surface area contributed by atoms with Gasteiger partial charge in [0.05, 0.1) is 17.0 Å². The number of benzene rings is 1. The van der Waals surface area contributed by atoms with Crippen molar-refractivity contribution in [3.8, 4) is 0 Å². The lowest BCUT2D eigenvalue weighted by molar-refractivity contribution is -0.117. The minimum absolute atomic E-state index is 0.103. The Kier molecular flexibility index (Phi) is 8.27. The number of carbonyl (C=O) groups excluding carboxylic acids is 1. The number of hydrogen-bond acceptors (Lipinski definition) is 7. The highest BCUT2D eigenvalue weighted by atomic mass is 35.5. The van der Waals surface area contributed by atoms with Crippen LogP contribution in [0.15, 0.2) is 22.5 Å². The molecule has 2 aromatic rings. The first kappa shape index (κ1) is 23.8. The van der Waals surface area contributed by atoms with Gasteiger partial charge in [0, 0.05) is 5.75 Å². The molecule has 0 spiro atoms. The Balaban J connectivity index is 2.25. The molecule has 1 heterocycles. The number of hydrogen-bond donors (Lipinski definition) is 1. The number of nitrogens with one attached hydrogen (secondary N) is 1. The Bertz CT molecular complexity index is 969. The third-order valence-corrected chi connectivity index (χ3v) is 7.53. The summed E-state index contributed by atoms with van der Waals surface area (Å²) in [5.41, 5.74) is 0.103. The number of sulfonamides is 1. The Labute approximate surface area is 183 Å². The van der Waals surface area contributed by atoms with Crippen molar-refractivity contribution in [1.82, 2.24) is 10.2 Å². The van der Waals surface area contributed by atoms with E-state index in [1.165, 1.54) is 35.2 Å². The minimum Gasteiger partial charge on any atom is -0.299 e. The van der Waals surface area contributed by atoms with Gasteiger partial charge >= 0.3 is 0 Å². The zero-order chi connectivity index (χ0) is 21.8. The Hall–Kier alpha value is -1.43. The quantitative estimate of drug-likeness (QED) is 0.425. The lowest BCUT2D eigenvalue weighted by atomic mass is 10.2. The highest BCUT2D eigenvalue weighted by Crippen LogP contribution is 2.29. The summed E-state index contributed by atoms with van der Waals surface area (Å²) in [7, 11) is -3.85. The van der Waals surface area contributed by atoms with E-state index < -0.39 is 27.8 Å². The standard InChI is InChI=1S/C17H22ClFN4O3S3/c1-5-14(15(24)20-16-21-22-17(28-16)27-9-10(2)3)23(29(4,25)26)11-6-7-13(19)12(18)8-11/h6-8,10,14H,5,9H2,1-4H3,(H,20,21,24). The van der Waals surface area contributed by atoms with Crippen LogP contribution in [0.25, 0.3) is 0 Å². The lowest BCUT2D eigenvalue weighted by Gasteiger charge is -2.29. The molecular formula is C17H22ClFN4O3S3. The van der Waals surface area contributed by atoms with Crippen LogP contribution in [0, 0.1) is 11.7 Å². The van der Waals surface area contributed by atoms with E-state index in [0.717, 1.165) is 22.4 Å². The Morgan fingerprint density at radius 1 is 1.38 bits per heavy atom. The summed E-state index contributed by atoms with van der Waals surface area (Å²) < 4.78 is 40.0. The number of halogens is 2. The number of thioether (sulfide) groups is 1. The van der Waals surface area contributed by atoms with E-state index in [1.807, 2.05) is 0 Å². The molecule has 0 radical (unpaired) electrons. The molecule has 1 N–H and O–H groups in total. The maximum Gasteiger partial charge on any atom is 0.250 e. The van der Waals surface area contributed by atoms with E-state index in [0.29, 0.717) is 10.3 Å². The van der Waals surface area contributed by atoms with Crippen molar-refractivity contribution in [3.05, 3.63) is 29.0 Å². The zero-order valence-electron chi connectivity index (χ0n) is 16.3. The fourth-order valence-corrected chi connectivity index (χ4v) is 5.54. The second-order valence-electron chi connectivity index (χ2n) is 6.65. The molecule has 2 rings (SSSR count). The molecule has 0 saturated carbocycles. The van der Waals surface area contributed by atoms with Gasteiger partial charge < -0.3 is 0 Å². The summed E-state index contributed by atoms with van der Waals surface area (Å²) >= 11 is 8.56. The normalized spacial score (nSPS) is 12.8. The van der Waals surface area contributed by atoms with Crippen molar-refractivity contribution in [2.45, 2.75) is 37.6 Å². The second kappa shape index (κ2) is 10.1. The molecule has 7 nitrogen and oxygen atoms in total. The van der Waals surface area contributed by atoms with Crippen molar-refractivity contribution < 1.29 is 17.6 Å². The number of amides is 1. The second-order valence-corrected chi connectivity index (χ2v) is 11.2. The molecule has 1 aromatic heterocycles. The molecular weight excluding hydrogens is 459 g/mol. The van der Waals surface area contributed by atoms with Gasteiger partial charge in [0.1, 0.15) is 11.9 Å². The van der Waals surface area contributed by atoms with Crippen LogP contribution in [0.5, 0.6) is 0 Å². The van der Waals surface area contributed by atoms with Gasteiger partial charge in [-0.25, -0.2) is 12.8 Å². The molecule has 1 unspecified atom stereocenters. The number of carbonyl (C=O) groups is 1. The van der Waals surface area contributed by atoms with Crippen molar-refractivity contribution in [2.75, 3.05) is 21.6 Å². The van der Waals surface area contributed by atoms with Crippen LogP contribution >= 0.6 is 34.7 Å². The molecule has 0 fully saturated rings. The van der Waals surface area contributed by atoms with Crippen LogP contribution in [-0.4, -0.2) is 42.6 Å². The van der Waals surface area contributed by atoms with Gasteiger partial charge in [-0.15, -0.1) is 10.2 Å². The Morgan fingerprint density at radius 2 is 2.07 bits per heavy atom. The van der Waals surface area contributed by atoms with Crippen LogP contribution in [0.3, 0.4) is 0 Å². The number of nitrogens with zero attached hydrogens (tertiary/aromatic N) is 3. The fourth-order valence-electron chi connectivity index (χ4n) is 2.43. The number of rotatable bonds is 9. The fraction of sp³-hybridized carbons (Fsp3) is 0.471. The molecule has 0 aliphatic heterocycles. The van der Waals surface area contributed by atoms with Crippen LogP contribution in [0.1, 0.15) is 27.2 Å². The third kappa shape index (κ3) is 6.53. The molecule has 0 aliphatic rings. The summed E-state index contributed by atoms with van der Waals surface area (Å²) in [6.45, 7) is 5.85. The van der Waals surface area contributed by atoms with Crippen LogP contribution in [-0.2, 0) is 14.8 Å². The zero-order valence-corrected chi connectivity index (χ0v) is 19.6. The van der Waals surface area contributed by atoms with E-state index in [4.69, 9.17) is 11.6 Å². The lowest BCUT2D eigenvalue weighted by Crippen LogP contribution is -2.47. The topological polar surface area (TPSA) is 92.3 Å². The van der Waals surface area contributed by atoms with Gasteiger partial charge in [-0.1, -0.05) is 55.5 Å². The van der Waals surface area contributed by atoms with E-state index in [1.54, 1.807) is 6.92 Å². The first-order valence-electron chi connectivity index (χ1n) is 8.74. The molecule has 29 heavy (non-hydrogen) atoms. The minimum atomic E-state index is -3.85. The predicted octanol–water partition coefficient (Wildman–Crippen LogP) is 4.26. The smallest absolute Gasteiger partial charge is 0.250 e. The van der Waals surface area contributed by atoms with Crippen molar-refractivity contribution >= 4 is 61.4 Å². The van der Waals surface area contributed by atoms with Crippen molar-refractivity contribution in [1.29, 1.82) is 0 Å². The molecule has 160 valence electrons. The first-order chi connectivity index (χ1) is 13.5. The molecule has 1 amide bonds. The molecule has 1 atom stereocenters. The first-order valence-corrected chi connectivity index (χ1v) is 12.8. The van der Waals surface area contributed by atoms with Gasteiger partial charge in [-0.05, 0) is 30.5 Å². The number of aromatic nitrogens is 2. The van der Waals surface area contributed by atoms with Gasteiger partial charge in [0.25, 0.3) is 0 Å². The summed E-state index contributed by atoms with van der Waals surface area (Å²) in [6.07, 6.45) is 1.16. The highest BCUT2D eigenvalue weighted by Gasteiger charge is 2.32. The number of anilines is 2. The largest absolute Gasteiger partial charge is 0.299 e. The van der Waals surface area contributed by atoms with Crippen LogP contribution in [0.2, 0.25) is 5.02 Å². The van der Waals surface area contributed by atoms with Crippen molar-refractivity contribution in [2.24, 2.45) is 5.92 Å². The van der Waals surface area contributed by atoms with E-state index >= 15 is 0 Å². The summed E-state index contributed by atoms with van der Waals surface area (Å²) in [5, 5.41) is 10.7. The van der Waals surface area contributed by atoms with E-state index in [2.05, 4.69) is 29.4 Å². The average molecular weight is 481 g/mol. The van der Waals surface area contributed by atoms with E-state index in [9.17, 15) is 17.6 Å². The average Bonchev–Trinajstić information content (AvgIpc) is 3.06. The van der Waals surface area contributed by atoms with Gasteiger partial charge in [0.15, 0.2) is 4.34 Å². The maximum atomic E-state index is 13.5. The van der Waals surface area contributed by atoms with Crippen molar-refractivity contribution in [3.63, 3.8) is 0 Å². The monoisotopic (exact) mass is 480 g/mol. The Morgan fingerprint density at radius 3 is 2.62 bits per heavy atom. The SMILES string of the molecule is CCC(C(=O)Nc1nnc(SCC(C)C)s1)N(c1ccc(F)c(Cl)c1)S(C)(=O)=O.